The average Bonchev–Trinajstić information content (AvgIpc) is 2.38. The van der Waals surface area contributed by atoms with E-state index in [1.807, 2.05) is 6.08 Å². The van der Waals surface area contributed by atoms with Crippen molar-refractivity contribution in [2.24, 2.45) is 0 Å². The van der Waals surface area contributed by atoms with Crippen molar-refractivity contribution in [3.8, 4) is 0 Å². The summed E-state index contributed by atoms with van der Waals surface area (Å²) in [6.07, 6.45) is 2.50. The lowest BCUT2D eigenvalue weighted by Gasteiger charge is -2.14. The van der Waals surface area contributed by atoms with Crippen molar-refractivity contribution in [2.75, 3.05) is 13.2 Å². The highest BCUT2D eigenvalue weighted by Crippen LogP contribution is 2.26. The monoisotopic (exact) mass is 260 g/mol. The molecule has 0 amide bonds. The molecule has 0 radical (unpaired) electrons. The van der Waals surface area contributed by atoms with E-state index in [9.17, 15) is 9.18 Å². The molecule has 4 nitrogen and oxygen atoms in total. The summed E-state index contributed by atoms with van der Waals surface area (Å²) < 4.78 is 19.3. The van der Waals surface area contributed by atoms with Crippen LogP contribution in [0.5, 0.6) is 0 Å². The van der Waals surface area contributed by atoms with Crippen molar-refractivity contribution in [3.05, 3.63) is 45.8 Å². The number of benzene rings is 1. The molecule has 98 valence electrons. The molecular weight excluding hydrogens is 247 g/mol. The van der Waals surface area contributed by atoms with E-state index in [2.05, 4.69) is 9.97 Å². The van der Waals surface area contributed by atoms with Gasteiger partial charge in [0.2, 0.25) is 0 Å². The summed E-state index contributed by atoms with van der Waals surface area (Å²) >= 11 is 0. The van der Waals surface area contributed by atoms with Crippen molar-refractivity contribution in [1.29, 1.82) is 0 Å². The smallest absolute Gasteiger partial charge is 0.258 e. The third-order valence-electron chi connectivity index (χ3n) is 3.22. The maximum atomic E-state index is 14.1. The molecule has 3 rings (SSSR count). The number of nitrogens with zero attached hydrogens (tertiary/aromatic N) is 1. The molecule has 2 heterocycles. The lowest BCUT2D eigenvalue weighted by atomic mass is 9.99. The zero-order valence-corrected chi connectivity index (χ0v) is 10.5. The molecule has 0 unspecified atom stereocenters. The van der Waals surface area contributed by atoms with Crippen LogP contribution >= 0.6 is 0 Å². The van der Waals surface area contributed by atoms with Gasteiger partial charge >= 0.3 is 0 Å². The van der Waals surface area contributed by atoms with E-state index >= 15 is 0 Å². The Morgan fingerprint density at radius 1 is 1.42 bits per heavy atom. The maximum Gasteiger partial charge on any atom is 0.258 e. The van der Waals surface area contributed by atoms with Crippen LogP contribution in [-0.4, -0.2) is 23.2 Å². The second-order valence-electron chi connectivity index (χ2n) is 4.55. The summed E-state index contributed by atoms with van der Waals surface area (Å²) in [5.74, 6) is 0.132. The van der Waals surface area contributed by atoms with Crippen LogP contribution in [0.15, 0.2) is 23.0 Å². The Balaban J connectivity index is 2.24. The van der Waals surface area contributed by atoms with Gasteiger partial charge in [-0.3, -0.25) is 4.79 Å². The number of aromatic nitrogens is 2. The van der Waals surface area contributed by atoms with Gasteiger partial charge in [0.15, 0.2) is 0 Å². The van der Waals surface area contributed by atoms with Gasteiger partial charge in [0.1, 0.15) is 11.6 Å². The number of hydrogen-bond acceptors (Lipinski definition) is 3. The first-order valence-electron chi connectivity index (χ1n) is 6.12. The van der Waals surface area contributed by atoms with E-state index in [1.165, 1.54) is 6.07 Å². The van der Waals surface area contributed by atoms with Gasteiger partial charge in [0, 0.05) is 11.6 Å². The highest BCUT2D eigenvalue weighted by atomic mass is 19.1. The first-order chi connectivity index (χ1) is 9.15. The molecule has 1 aliphatic heterocycles. The van der Waals surface area contributed by atoms with Crippen molar-refractivity contribution in [2.45, 2.75) is 13.3 Å². The molecule has 0 saturated carbocycles. The summed E-state index contributed by atoms with van der Waals surface area (Å²) in [4.78, 5) is 18.7. The Labute approximate surface area is 108 Å². The van der Waals surface area contributed by atoms with Gasteiger partial charge < -0.3 is 9.72 Å². The van der Waals surface area contributed by atoms with Crippen molar-refractivity contribution < 1.29 is 9.13 Å². The third kappa shape index (κ3) is 2.17. The van der Waals surface area contributed by atoms with Gasteiger partial charge in [0.25, 0.3) is 5.56 Å². The average molecular weight is 260 g/mol. The van der Waals surface area contributed by atoms with Crippen molar-refractivity contribution in [3.63, 3.8) is 0 Å². The van der Waals surface area contributed by atoms with Crippen LogP contribution in [0.3, 0.4) is 0 Å². The second kappa shape index (κ2) is 4.59. The standard InChI is InChI=1S/C14H13FN2O2/c1-8-16-13-7-12(15)10(6-11(13)14(18)17-8)9-2-4-19-5-3-9/h2,6-7H,3-5H2,1H3,(H,16,17,18). The van der Waals surface area contributed by atoms with Gasteiger partial charge in [0.05, 0.1) is 24.1 Å². The molecule has 0 aliphatic carbocycles. The topological polar surface area (TPSA) is 55.0 Å². The SMILES string of the molecule is Cc1nc2cc(F)c(C3=CCOCC3)cc2c(=O)[nH]1. The van der Waals surface area contributed by atoms with E-state index in [1.54, 1.807) is 13.0 Å². The molecule has 0 atom stereocenters. The largest absolute Gasteiger partial charge is 0.377 e. The van der Waals surface area contributed by atoms with Gasteiger partial charge in [-0.1, -0.05) is 6.08 Å². The van der Waals surface area contributed by atoms with Crippen LogP contribution in [-0.2, 0) is 4.74 Å². The van der Waals surface area contributed by atoms with Crippen LogP contribution in [0.4, 0.5) is 4.39 Å². The number of aromatic amines is 1. The number of fused-ring (bicyclic) bond motifs is 1. The molecular formula is C14H13FN2O2. The molecule has 1 aromatic carbocycles. The number of nitrogens with one attached hydrogen (secondary N) is 1. The summed E-state index contributed by atoms with van der Waals surface area (Å²) in [5, 5.41) is 0.411. The first kappa shape index (κ1) is 12.0. The third-order valence-corrected chi connectivity index (χ3v) is 3.22. The number of halogens is 1. The first-order valence-corrected chi connectivity index (χ1v) is 6.12. The molecule has 1 N–H and O–H groups in total. The van der Waals surface area contributed by atoms with Crippen LogP contribution < -0.4 is 5.56 Å². The summed E-state index contributed by atoms with van der Waals surface area (Å²) in [7, 11) is 0. The maximum absolute atomic E-state index is 14.1. The molecule has 0 bridgehead atoms. The van der Waals surface area contributed by atoms with Gasteiger partial charge in [-0.05, 0) is 25.0 Å². The van der Waals surface area contributed by atoms with Crippen LogP contribution in [0, 0.1) is 12.7 Å². The quantitative estimate of drug-likeness (QED) is 0.855. The van der Waals surface area contributed by atoms with E-state index in [0.717, 1.165) is 5.57 Å². The number of H-pyrrole nitrogens is 1. The van der Waals surface area contributed by atoms with E-state index < -0.39 is 0 Å². The number of aryl methyl sites for hydroxylation is 1. The molecule has 5 heteroatoms. The Hall–Kier alpha value is -2.01. The minimum Gasteiger partial charge on any atom is -0.377 e. The summed E-state index contributed by atoms with van der Waals surface area (Å²) in [6, 6.07) is 2.90. The number of hydrogen-bond donors (Lipinski definition) is 1. The predicted octanol–water partition coefficient (Wildman–Crippen LogP) is 2.17. The molecule has 2 aromatic rings. The Bertz CT molecular complexity index is 734. The van der Waals surface area contributed by atoms with Gasteiger partial charge in [-0.2, -0.15) is 0 Å². The predicted molar refractivity (Wildman–Crippen MR) is 70.5 cm³/mol. The fourth-order valence-electron chi connectivity index (χ4n) is 2.30. The molecule has 1 aromatic heterocycles. The lowest BCUT2D eigenvalue weighted by molar-refractivity contribution is 0.161. The van der Waals surface area contributed by atoms with Crippen molar-refractivity contribution in [1.82, 2.24) is 9.97 Å². The van der Waals surface area contributed by atoms with E-state index in [4.69, 9.17) is 4.74 Å². The van der Waals surface area contributed by atoms with Crippen molar-refractivity contribution >= 4 is 16.5 Å². The highest BCUT2D eigenvalue weighted by molar-refractivity contribution is 5.83. The fourth-order valence-corrected chi connectivity index (χ4v) is 2.30. The Morgan fingerprint density at radius 2 is 2.26 bits per heavy atom. The van der Waals surface area contributed by atoms with E-state index in [-0.39, 0.29) is 11.4 Å². The summed E-state index contributed by atoms with van der Waals surface area (Å²) in [6.45, 7) is 2.73. The minimum atomic E-state index is -0.349. The molecule has 0 fully saturated rings. The van der Waals surface area contributed by atoms with Crippen LogP contribution in [0.1, 0.15) is 17.8 Å². The highest BCUT2D eigenvalue weighted by Gasteiger charge is 2.14. The minimum absolute atomic E-state index is 0.239. The normalized spacial score (nSPS) is 15.6. The molecule has 19 heavy (non-hydrogen) atoms. The fraction of sp³-hybridized carbons (Fsp3) is 0.286. The molecule has 1 aliphatic rings. The van der Waals surface area contributed by atoms with Gasteiger partial charge in [-0.15, -0.1) is 0 Å². The summed E-state index contributed by atoms with van der Waals surface area (Å²) in [5.41, 5.74) is 1.49. The number of rotatable bonds is 1. The molecule has 0 saturated heterocycles. The Morgan fingerprint density at radius 3 is 3.00 bits per heavy atom. The Kier molecular flexibility index (Phi) is 2.91. The zero-order valence-electron chi connectivity index (χ0n) is 10.5. The van der Waals surface area contributed by atoms with E-state index in [0.29, 0.717) is 41.9 Å². The van der Waals surface area contributed by atoms with Gasteiger partial charge in [-0.25, -0.2) is 9.37 Å². The second-order valence-corrected chi connectivity index (χ2v) is 4.55. The molecule has 0 spiro atoms. The van der Waals surface area contributed by atoms with Crippen LogP contribution in [0.2, 0.25) is 0 Å². The zero-order chi connectivity index (χ0) is 13.4. The lowest BCUT2D eigenvalue weighted by Crippen LogP contribution is -2.11. The van der Waals surface area contributed by atoms with Crippen LogP contribution in [0.25, 0.3) is 16.5 Å². The number of ether oxygens (including phenoxy) is 1.